The van der Waals surface area contributed by atoms with E-state index in [4.69, 9.17) is 0 Å². The number of aromatic nitrogens is 2. The summed E-state index contributed by atoms with van der Waals surface area (Å²) in [4.78, 5) is 38.9. The van der Waals surface area contributed by atoms with Gasteiger partial charge in [0.15, 0.2) is 0 Å². The molecule has 0 aliphatic carbocycles. The van der Waals surface area contributed by atoms with Crippen LogP contribution in [0.2, 0.25) is 0 Å². The SMILES string of the molecule is Cc1cc(CN2CCN(c3cc(=O)n(C)c(=O)n3C)CC2)ccc1[N+](=O)[O-].[Cl-]. The van der Waals surface area contributed by atoms with Crippen LogP contribution in [0.25, 0.3) is 0 Å². The summed E-state index contributed by atoms with van der Waals surface area (Å²) >= 11 is 0. The van der Waals surface area contributed by atoms with E-state index in [0.717, 1.165) is 23.2 Å². The largest absolute Gasteiger partial charge is 1.00 e. The summed E-state index contributed by atoms with van der Waals surface area (Å²) in [6.07, 6.45) is 0. The fourth-order valence-corrected chi connectivity index (χ4v) is 3.44. The molecule has 2 aromatic rings. The Labute approximate surface area is 168 Å². The Bertz CT molecular complexity index is 992. The second-order valence-electron chi connectivity index (χ2n) is 6.88. The van der Waals surface area contributed by atoms with Crippen LogP contribution in [0.3, 0.4) is 0 Å². The Balaban J connectivity index is 0.00000280. The van der Waals surface area contributed by atoms with Gasteiger partial charge in [0, 0.05) is 64.5 Å². The molecule has 0 radical (unpaired) electrons. The van der Waals surface area contributed by atoms with Crippen molar-refractivity contribution in [3.8, 4) is 0 Å². The molecule has 0 N–H and O–H groups in total. The zero-order valence-electron chi connectivity index (χ0n) is 16.1. The molecule has 1 fully saturated rings. The molecule has 10 heteroatoms. The van der Waals surface area contributed by atoms with Crippen molar-refractivity contribution in [1.29, 1.82) is 0 Å². The second-order valence-corrected chi connectivity index (χ2v) is 6.88. The predicted octanol–water partition coefficient (Wildman–Crippen LogP) is -2.37. The molecule has 2 heterocycles. The third-order valence-corrected chi connectivity index (χ3v) is 5.06. The highest BCUT2D eigenvalue weighted by Gasteiger charge is 2.21. The van der Waals surface area contributed by atoms with Crippen molar-refractivity contribution in [2.24, 2.45) is 14.1 Å². The molecule has 1 aromatic carbocycles. The number of hydrogen-bond donors (Lipinski definition) is 0. The summed E-state index contributed by atoms with van der Waals surface area (Å²) in [5, 5.41) is 10.9. The van der Waals surface area contributed by atoms with E-state index in [1.807, 2.05) is 11.0 Å². The average molecular weight is 409 g/mol. The van der Waals surface area contributed by atoms with Crippen molar-refractivity contribution in [2.75, 3.05) is 31.1 Å². The third kappa shape index (κ3) is 4.26. The molecule has 0 saturated carbocycles. The van der Waals surface area contributed by atoms with Gasteiger partial charge in [0.1, 0.15) is 5.82 Å². The molecule has 0 spiro atoms. The highest BCUT2D eigenvalue weighted by atomic mass is 35.5. The first-order valence-electron chi connectivity index (χ1n) is 8.76. The lowest BCUT2D eigenvalue weighted by Crippen LogP contribution is -3.00. The van der Waals surface area contributed by atoms with Crippen molar-refractivity contribution < 1.29 is 17.3 Å². The van der Waals surface area contributed by atoms with Gasteiger partial charge in [-0.2, -0.15) is 0 Å². The number of aryl methyl sites for hydroxylation is 1. The minimum atomic E-state index is -0.369. The van der Waals surface area contributed by atoms with E-state index >= 15 is 0 Å². The topological polar surface area (TPSA) is 93.6 Å². The molecule has 28 heavy (non-hydrogen) atoms. The van der Waals surface area contributed by atoms with Crippen LogP contribution in [0.15, 0.2) is 33.9 Å². The molecule has 1 aliphatic heterocycles. The number of nitrogens with zero attached hydrogens (tertiary/aromatic N) is 5. The molecule has 0 atom stereocenters. The van der Waals surface area contributed by atoms with Crippen LogP contribution in [-0.4, -0.2) is 45.1 Å². The smallest absolute Gasteiger partial charge is 0.332 e. The number of rotatable bonds is 4. The zero-order chi connectivity index (χ0) is 19.7. The molecule has 1 aromatic heterocycles. The van der Waals surface area contributed by atoms with Crippen molar-refractivity contribution in [1.82, 2.24) is 14.0 Å². The van der Waals surface area contributed by atoms with Crippen LogP contribution in [0.4, 0.5) is 11.5 Å². The first kappa shape index (κ1) is 21.6. The lowest BCUT2D eigenvalue weighted by Gasteiger charge is -2.36. The van der Waals surface area contributed by atoms with E-state index in [9.17, 15) is 19.7 Å². The van der Waals surface area contributed by atoms with Gasteiger partial charge < -0.3 is 17.3 Å². The number of hydrogen-bond acceptors (Lipinski definition) is 6. The molecule has 0 bridgehead atoms. The van der Waals surface area contributed by atoms with E-state index in [1.165, 1.54) is 17.7 Å². The Morgan fingerprint density at radius 1 is 1.04 bits per heavy atom. The summed E-state index contributed by atoms with van der Waals surface area (Å²) in [6.45, 7) is 5.41. The number of anilines is 1. The van der Waals surface area contributed by atoms with Crippen molar-refractivity contribution >= 4 is 11.5 Å². The number of benzene rings is 1. The molecule has 0 amide bonds. The highest BCUT2D eigenvalue weighted by Crippen LogP contribution is 2.20. The zero-order valence-corrected chi connectivity index (χ0v) is 16.8. The van der Waals surface area contributed by atoms with E-state index in [0.29, 0.717) is 31.0 Å². The first-order valence-corrected chi connectivity index (χ1v) is 8.76. The predicted molar refractivity (Wildman–Crippen MR) is 102 cm³/mol. The number of nitro benzene ring substituents is 1. The third-order valence-electron chi connectivity index (χ3n) is 5.06. The number of halogens is 1. The van der Waals surface area contributed by atoms with Crippen LogP contribution in [-0.2, 0) is 20.6 Å². The molecule has 1 aliphatic rings. The van der Waals surface area contributed by atoms with Crippen molar-refractivity contribution in [2.45, 2.75) is 13.5 Å². The highest BCUT2D eigenvalue weighted by molar-refractivity contribution is 5.42. The summed E-state index contributed by atoms with van der Waals surface area (Å²) in [6, 6.07) is 6.70. The normalized spacial score (nSPS) is 14.6. The fourth-order valence-electron chi connectivity index (χ4n) is 3.44. The van der Waals surface area contributed by atoms with Gasteiger partial charge in [-0.05, 0) is 18.6 Å². The fraction of sp³-hybridized carbons (Fsp3) is 0.444. The van der Waals surface area contributed by atoms with Crippen LogP contribution in [0, 0.1) is 17.0 Å². The van der Waals surface area contributed by atoms with Gasteiger partial charge in [-0.1, -0.05) is 6.07 Å². The van der Waals surface area contributed by atoms with Gasteiger partial charge in [-0.25, -0.2) is 4.79 Å². The summed E-state index contributed by atoms with van der Waals surface area (Å²) in [5.41, 5.74) is 1.19. The van der Waals surface area contributed by atoms with Gasteiger partial charge >= 0.3 is 5.69 Å². The Morgan fingerprint density at radius 2 is 1.68 bits per heavy atom. The molecular formula is C18H23ClN5O4-. The Hall–Kier alpha value is -2.65. The second kappa shape index (κ2) is 8.57. The van der Waals surface area contributed by atoms with Gasteiger partial charge in [-0.3, -0.25) is 28.9 Å². The van der Waals surface area contributed by atoms with E-state index in [1.54, 1.807) is 26.1 Å². The molecule has 9 nitrogen and oxygen atoms in total. The standard InChI is InChI=1S/C18H23N5O4.ClH/c1-13-10-14(4-5-15(13)23(26)27)12-21-6-8-22(9-7-21)16-11-17(24)20(3)18(25)19(16)2;/h4-5,10-11H,6-9,12H2,1-3H3;1H/p-1. The van der Waals surface area contributed by atoms with E-state index < -0.39 is 0 Å². The first-order chi connectivity index (χ1) is 12.8. The van der Waals surface area contributed by atoms with Gasteiger partial charge in [0.25, 0.3) is 11.2 Å². The van der Waals surface area contributed by atoms with Crippen LogP contribution < -0.4 is 28.6 Å². The van der Waals surface area contributed by atoms with Gasteiger partial charge in [0.05, 0.1) is 4.92 Å². The van der Waals surface area contributed by atoms with Gasteiger partial charge in [0.2, 0.25) is 0 Å². The van der Waals surface area contributed by atoms with Crippen molar-refractivity contribution in [3.63, 3.8) is 0 Å². The minimum Gasteiger partial charge on any atom is -1.00 e. The van der Waals surface area contributed by atoms with Crippen LogP contribution in [0.5, 0.6) is 0 Å². The molecular weight excluding hydrogens is 386 g/mol. The lowest BCUT2D eigenvalue weighted by atomic mass is 10.1. The van der Waals surface area contributed by atoms with Gasteiger partial charge in [-0.15, -0.1) is 0 Å². The molecule has 1 saturated heterocycles. The summed E-state index contributed by atoms with van der Waals surface area (Å²) < 4.78 is 2.59. The Morgan fingerprint density at radius 3 is 2.25 bits per heavy atom. The monoisotopic (exact) mass is 408 g/mol. The maximum absolute atomic E-state index is 12.1. The van der Waals surface area contributed by atoms with Crippen LogP contribution in [0.1, 0.15) is 11.1 Å². The maximum Gasteiger partial charge on any atom is 0.332 e. The van der Waals surface area contributed by atoms with Crippen LogP contribution >= 0.6 is 0 Å². The lowest BCUT2D eigenvalue weighted by molar-refractivity contribution is -0.385. The van der Waals surface area contributed by atoms with E-state index in [2.05, 4.69) is 4.90 Å². The Kier molecular flexibility index (Phi) is 6.63. The number of nitro groups is 1. The minimum absolute atomic E-state index is 0. The maximum atomic E-state index is 12.1. The molecule has 152 valence electrons. The van der Waals surface area contributed by atoms with E-state index in [-0.39, 0.29) is 34.3 Å². The summed E-state index contributed by atoms with van der Waals surface area (Å²) in [7, 11) is 3.14. The molecule has 3 rings (SSSR count). The quantitative estimate of drug-likeness (QED) is 0.414. The summed E-state index contributed by atoms with van der Waals surface area (Å²) in [5.74, 6) is 0.633. The number of piperazine rings is 1. The average Bonchev–Trinajstić information content (AvgIpc) is 2.63. The molecule has 0 unspecified atom stereocenters. The van der Waals surface area contributed by atoms with Crippen molar-refractivity contribution in [3.05, 3.63) is 66.3 Å².